The lowest BCUT2D eigenvalue weighted by molar-refractivity contribution is -0.136. The molecule has 0 spiro atoms. The Kier molecular flexibility index (Phi) is 4.66. The van der Waals surface area contributed by atoms with E-state index in [1.165, 1.54) is 18.2 Å². The number of aliphatic carboxylic acids is 1. The van der Waals surface area contributed by atoms with Crippen LogP contribution >= 0.6 is 0 Å². The summed E-state index contributed by atoms with van der Waals surface area (Å²) in [5.74, 6) is -1.71. The molecule has 0 bridgehead atoms. The van der Waals surface area contributed by atoms with Gasteiger partial charge >= 0.3 is 5.97 Å². The van der Waals surface area contributed by atoms with E-state index in [-0.39, 0.29) is 24.3 Å². The van der Waals surface area contributed by atoms with Crippen molar-refractivity contribution in [2.45, 2.75) is 13.0 Å². The van der Waals surface area contributed by atoms with E-state index in [0.717, 1.165) is 0 Å². The zero-order valence-corrected chi connectivity index (χ0v) is 11.1. The molecular formula is C16H13FO4. The van der Waals surface area contributed by atoms with Gasteiger partial charge in [-0.05, 0) is 23.3 Å². The number of ether oxygens (including phenoxy) is 1. The molecule has 0 heterocycles. The van der Waals surface area contributed by atoms with E-state index in [0.29, 0.717) is 17.4 Å². The highest BCUT2D eigenvalue weighted by Gasteiger charge is 2.11. The molecule has 108 valence electrons. The Hall–Kier alpha value is -2.69. The average molecular weight is 288 g/mol. The topological polar surface area (TPSA) is 63.6 Å². The van der Waals surface area contributed by atoms with Gasteiger partial charge < -0.3 is 9.84 Å². The van der Waals surface area contributed by atoms with E-state index in [2.05, 4.69) is 0 Å². The van der Waals surface area contributed by atoms with Gasteiger partial charge in [0.05, 0.1) is 12.0 Å². The number of halogens is 1. The minimum atomic E-state index is -0.957. The number of carboxylic acid groups (broad SMARTS) is 1. The van der Waals surface area contributed by atoms with Crippen LogP contribution in [0.15, 0.2) is 42.5 Å². The molecule has 0 amide bonds. The van der Waals surface area contributed by atoms with Crippen molar-refractivity contribution in [1.29, 1.82) is 0 Å². The lowest BCUT2D eigenvalue weighted by Gasteiger charge is -2.12. The minimum absolute atomic E-state index is 0.00870. The van der Waals surface area contributed by atoms with Crippen LogP contribution in [0, 0.1) is 5.82 Å². The van der Waals surface area contributed by atoms with Gasteiger partial charge in [0.1, 0.15) is 6.61 Å². The molecule has 0 aromatic heterocycles. The van der Waals surface area contributed by atoms with E-state index in [1.807, 2.05) is 0 Å². The first-order chi connectivity index (χ1) is 10.1. The summed E-state index contributed by atoms with van der Waals surface area (Å²) in [5.41, 5.74) is 1.35. The molecule has 0 fully saturated rings. The number of carbonyl (C=O) groups is 2. The van der Waals surface area contributed by atoms with Gasteiger partial charge in [-0.25, -0.2) is 4.39 Å². The van der Waals surface area contributed by atoms with Crippen molar-refractivity contribution in [2.75, 3.05) is 0 Å². The molecule has 5 heteroatoms. The number of carbonyl (C=O) groups excluding carboxylic acids is 1. The molecule has 0 saturated heterocycles. The molecule has 0 aliphatic heterocycles. The van der Waals surface area contributed by atoms with Crippen molar-refractivity contribution in [2.24, 2.45) is 0 Å². The second-order valence-corrected chi connectivity index (χ2v) is 4.40. The van der Waals surface area contributed by atoms with Crippen LogP contribution in [-0.4, -0.2) is 17.4 Å². The van der Waals surface area contributed by atoms with Crippen LogP contribution in [-0.2, 0) is 17.8 Å². The largest absolute Gasteiger partial charge is 0.485 e. The zero-order valence-electron chi connectivity index (χ0n) is 11.1. The number of carboxylic acids is 1. The molecule has 2 aromatic carbocycles. The van der Waals surface area contributed by atoms with Gasteiger partial charge in [-0.3, -0.25) is 9.59 Å². The fraction of sp³-hybridized carbons (Fsp3) is 0.125. The maximum absolute atomic E-state index is 13.7. The number of hydrogen-bond acceptors (Lipinski definition) is 3. The van der Waals surface area contributed by atoms with Crippen LogP contribution in [0.2, 0.25) is 0 Å². The molecule has 0 aliphatic carbocycles. The van der Waals surface area contributed by atoms with E-state index in [1.54, 1.807) is 24.3 Å². The van der Waals surface area contributed by atoms with Gasteiger partial charge in [-0.2, -0.15) is 0 Å². The van der Waals surface area contributed by atoms with Gasteiger partial charge in [0.15, 0.2) is 17.9 Å². The van der Waals surface area contributed by atoms with Gasteiger partial charge in [-0.1, -0.05) is 30.3 Å². The standard InChI is InChI=1S/C16H13FO4/c17-14-7-3-6-12(9-18)16(14)21-10-13-5-2-1-4-11(13)8-15(19)20/h1-7,9H,8,10H2,(H,19,20). The SMILES string of the molecule is O=Cc1cccc(F)c1OCc1ccccc1CC(=O)O. The van der Waals surface area contributed by atoms with Crippen molar-refractivity contribution in [3.05, 3.63) is 65.0 Å². The highest BCUT2D eigenvalue weighted by Crippen LogP contribution is 2.23. The lowest BCUT2D eigenvalue weighted by Crippen LogP contribution is -2.07. The van der Waals surface area contributed by atoms with Crippen LogP contribution in [0.4, 0.5) is 4.39 Å². The summed E-state index contributed by atoms with van der Waals surface area (Å²) in [6.45, 7) is -0.00870. The van der Waals surface area contributed by atoms with E-state index < -0.39 is 11.8 Å². The molecule has 4 nitrogen and oxygen atoms in total. The van der Waals surface area contributed by atoms with Gasteiger partial charge in [-0.15, -0.1) is 0 Å². The summed E-state index contributed by atoms with van der Waals surface area (Å²) in [6, 6.07) is 10.9. The molecule has 2 aromatic rings. The van der Waals surface area contributed by atoms with Crippen LogP contribution in [0.5, 0.6) is 5.75 Å². The molecule has 0 unspecified atom stereocenters. The third-order valence-corrected chi connectivity index (χ3v) is 2.96. The second-order valence-electron chi connectivity index (χ2n) is 4.40. The summed E-state index contributed by atoms with van der Waals surface area (Å²) < 4.78 is 19.0. The molecule has 0 aliphatic rings. The Morgan fingerprint density at radius 2 is 1.86 bits per heavy atom. The Morgan fingerprint density at radius 3 is 2.52 bits per heavy atom. The fourth-order valence-corrected chi connectivity index (χ4v) is 1.95. The molecule has 21 heavy (non-hydrogen) atoms. The van der Waals surface area contributed by atoms with Crippen molar-refractivity contribution in [3.63, 3.8) is 0 Å². The fourth-order valence-electron chi connectivity index (χ4n) is 1.95. The van der Waals surface area contributed by atoms with Crippen LogP contribution in [0.25, 0.3) is 0 Å². The Bertz CT molecular complexity index is 667. The van der Waals surface area contributed by atoms with Gasteiger partial charge in [0, 0.05) is 0 Å². The van der Waals surface area contributed by atoms with Gasteiger partial charge in [0.2, 0.25) is 0 Å². The van der Waals surface area contributed by atoms with Crippen molar-refractivity contribution in [1.82, 2.24) is 0 Å². The van der Waals surface area contributed by atoms with Crippen LogP contribution < -0.4 is 4.74 Å². The predicted octanol–water partition coefficient (Wildman–Crippen LogP) is 2.84. The molecule has 2 rings (SSSR count). The zero-order chi connectivity index (χ0) is 15.2. The maximum atomic E-state index is 13.7. The lowest BCUT2D eigenvalue weighted by atomic mass is 10.1. The smallest absolute Gasteiger partial charge is 0.307 e. The van der Waals surface area contributed by atoms with E-state index in [9.17, 15) is 14.0 Å². The highest BCUT2D eigenvalue weighted by atomic mass is 19.1. The Morgan fingerprint density at radius 1 is 1.14 bits per heavy atom. The van der Waals surface area contributed by atoms with Gasteiger partial charge in [0.25, 0.3) is 0 Å². The second kappa shape index (κ2) is 6.65. The average Bonchev–Trinajstić information content (AvgIpc) is 2.46. The summed E-state index contributed by atoms with van der Waals surface area (Å²) in [6.07, 6.45) is 0.374. The Balaban J connectivity index is 2.21. The maximum Gasteiger partial charge on any atom is 0.307 e. The number of benzene rings is 2. The summed E-state index contributed by atoms with van der Waals surface area (Å²) in [4.78, 5) is 21.7. The Labute approximate surface area is 120 Å². The number of rotatable bonds is 6. The van der Waals surface area contributed by atoms with Crippen LogP contribution in [0.3, 0.4) is 0 Å². The number of hydrogen-bond donors (Lipinski definition) is 1. The van der Waals surface area contributed by atoms with Crippen LogP contribution in [0.1, 0.15) is 21.5 Å². The monoisotopic (exact) mass is 288 g/mol. The highest BCUT2D eigenvalue weighted by molar-refractivity contribution is 5.79. The van der Waals surface area contributed by atoms with Crippen molar-refractivity contribution >= 4 is 12.3 Å². The third-order valence-electron chi connectivity index (χ3n) is 2.96. The summed E-state index contributed by atoms with van der Waals surface area (Å²) in [5, 5.41) is 8.86. The quantitative estimate of drug-likeness (QED) is 0.830. The van der Waals surface area contributed by atoms with Crippen molar-refractivity contribution in [3.8, 4) is 5.75 Å². The normalized spacial score (nSPS) is 10.1. The molecule has 0 saturated carbocycles. The third kappa shape index (κ3) is 3.66. The minimum Gasteiger partial charge on any atom is -0.485 e. The first-order valence-electron chi connectivity index (χ1n) is 6.27. The predicted molar refractivity (Wildman–Crippen MR) is 73.9 cm³/mol. The van der Waals surface area contributed by atoms with E-state index in [4.69, 9.17) is 9.84 Å². The summed E-state index contributed by atoms with van der Waals surface area (Å²) >= 11 is 0. The van der Waals surface area contributed by atoms with Crippen molar-refractivity contribution < 1.29 is 23.8 Å². The number of aldehydes is 1. The van der Waals surface area contributed by atoms with E-state index >= 15 is 0 Å². The molecular weight excluding hydrogens is 275 g/mol. The molecule has 1 N–H and O–H groups in total. The first kappa shape index (κ1) is 14.7. The first-order valence-corrected chi connectivity index (χ1v) is 6.27. The number of para-hydroxylation sites is 1. The molecule has 0 atom stereocenters. The molecule has 0 radical (unpaired) electrons. The summed E-state index contributed by atoms with van der Waals surface area (Å²) in [7, 11) is 0.